The van der Waals surface area contributed by atoms with Crippen LogP contribution in [0.5, 0.6) is 0 Å². The maximum absolute atomic E-state index is 12.4. The molecule has 0 aliphatic carbocycles. The lowest BCUT2D eigenvalue weighted by atomic mass is 10.2. The Morgan fingerprint density at radius 1 is 0.968 bits per heavy atom. The van der Waals surface area contributed by atoms with Crippen LogP contribution in [0.1, 0.15) is 18.4 Å². The molecule has 1 heterocycles. The smallest absolute Gasteiger partial charge is 0.224 e. The van der Waals surface area contributed by atoms with Gasteiger partial charge in [-0.25, -0.2) is 13.4 Å². The van der Waals surface area contributed by atoms with Crippen molar-refractivity contribution in [2.75, 3.05) is 11.1 Å². The average Bonchev–Trinajstić information content (AvgIpc) is 3.19. The molecule has 7 heteroatoms. The molecule has 0 radical (unpaired) electrons. The van der Waals surface area contributed by atoms with E-state index in [1.54, 1.807) is 35.6 Å². The molecule has 0 aliphatic rings. The highest BCUT2D eigenvalue weighted by atomic mass is 32.2. The number of fused-ring (bicyclic) bond motifs is 1. The van der Waals surface area contributed by atoms with Crippen LogP contribution in [0.25, 0.3) is 20.8 Å². The van der Waals surface area contributed by atoms with Gasteiger partial charge in [0.15, 0.2) is 9.84 Å². The molecule has 3 aromatic carbocycles. The van der Waals surface area contributed by atoms with Gasteiger partial charge in [0.25, 0.3) is 0 Å². The van der Waals surface area contributed by atoms with E-state index in [-0.39, 0.29) is 24.5 Å². The maximum atomic E-state index is 12.4. The number of aryl methyl sites for hydroxylation is 1. The number of sulfone groups is 1. The highest BCUT2D eigenvalue weighted by molar-refractivity contribution is 7.91. The second kappa shape index (κ2) is 8.99. The molecule has 4 rings (SSSR count). The van der Waals surface area contributed by atoms with Gasteiger partial charge in [-0.3, -0.25) is 4.79 Å². The summed E-state index contributed by atoms with van der Waals surface area (Å²) < 4.78 is 25.9. The molecular weight excluding hydrogens is 428 g/mol. The minimum absolute atomic E-state index is 0.0555. The van der Waals surface area contributed by atoms with E-state index in [9.17, 15) is 13.2 Å². The van der Waals surface area contributed by atoms with Crippen LogP contribution in [0.2, 0.25) is 0 Å². The van der Waals surface area contributed by atoms with Crippen molar-refractivity contribution >= 4 is 43.0 Å². The number of rotatable bonds is 7. The van der Waals surface area contributed by atoms with Crippen LogP contribution in [0.3, 0.4) is 0 Å². The first kappa shape index (κ1) is 21.2. The largest absolute Gasteiger partial charge is 0.326 e. The summed E-state index contributed by atoms with van der Waals surface area (Å²) in [6.45, 7) is 1.91. The van der Waals surface area contributed by atoms with E-state index in [2.05, 4.69) is 10.3 Å². The summed E-state index contributed by atoms with van der Waals surface area (Å²) in [5.41, 5.74) is 3.65. The average molecular weight is 451 g/mol. The lowest BCUT2D eigenvalue weighted by Crippen LogP contribution is -2.14. The number of para-hydroxylation sites is 1. The second-order valence-corrected chi connectivity index (χ2v) is 10.5. The molecule has 1 aromatic heterocycles. The van der Waals surface area contributed by atoms with Crippen LogP contribution in [-0.4, -0.2) is 25.1 Å². The molecule has 0 unspecified atom stereocenters. The Bertz CT molecular complexity index is 1280. The summed E-state index contributed by atoms with van der Waals surface area (Å²) in [5.74, 6) is -0.258. The van der Waals surface area contributed by atoms with Crippen LogP contribution in [0, 0.1) is 6.92 Å². The molecule has 0 saturated heterocycles. The Labute approximate surface area is 185 Å². The van der Waals surface area contributed by atoms with Crippen LogP contribution in [-0.2, 0) is 14.6 Å². The third-order valence-corrected chi connectivity index (χ3v) is 7.81. The molecule has 0 spiro atoms. The van der Waals surface area contributed by atoms with Gasteiger partial charge in [-0.1, -0.05) is 29.8 Å². The summed E-state index contributed by atoms with van der Waals surface area (Å²) >= 11 is 1.63. The zero-order chi connectivity index (χ0) is 21.8. The lowest BCUT2D eigenvalue weighted by molar-refractivity contribution is -0.116. The minimum Gasteiger partial charge on any atom is -0.326 e. The van der Waals surface area contributed by atoms with Crippen molar-refractivity contribution in [3.63, 3.8) is 0 Å². The van der Waals surface area contributed by atoms with Crippen molar-refractivity contribution in [3.8, 4) is 10.6 Å². The van der Waals surface area contributed by atoms with Crippen LogP contribution < -0.4 is 5.32 Å². The number of nitrogens with one attached hydrogen (secondary N) is 1. The van der Waals surface area contributed by atoms with Crippen molar-refractivity contribution in [1.82, 2.24) is 4.98 Å². The normalized spacial score (nSPS) is 11.5. The summed E-state index contributed by atoms with van der Waals surface area (Å²) in [6.07, 6.45) is 0.413. The van der Waals surface area contributed by atoms with Crippen molar-refractivity contribution in [3.05, 3.63) is 78.4 Å². The van der Waals surface area contributed by atoms with Gasteiger partial charge >= 0.3 is 0 Å². The molecule has 0 aliphatic heterocycles. The highest BCUT2D eigenvalue weighted by Gasteiger charge is 2.15. The van der Waals surface area contributed by atoms with E-state index in [1.165, 1.54) is 0 Å². The molecule has 0 atom stereocenters. The number of nitrogens with zero attached hydrogens (tertiary/aromatic N) is 1. The fourth-order valence-electron chi connectivity index (χ4n) is 3.20. The number of carbonyl (C=O) groups is 1. The van der Waals surface area contributed by atoms with E-state index < -0.39 is 9.84 Å². The lowest BCUT2D eigenvalue weighted by Gasteiger charge is -2.07. The molecule has 31 heavy (non-hydrogen) atoms. The number of hydrogen-bond donors (Lipinski definition) is 1. The summed E-state index contributed by atoms with van der Waals surface area (Å²) in [6, 6.07) is 22.3. The van der Waals surface area contributed by atoms with Crippen molar-refractivity contribution in [1.29, 1.82) is 0 Å². The molecule has 158 valence electrons. The van der Waals surface area contributed by atoms with Crippen LogP contribution in [0.4, 0.5) is 5.69 Å². The fraction of sp³-hybridized carbons (Fsp3) is 0.167. The van der Waals surface area contributed by atoms with Crippen molar-refractivity contribution < 1.29 is 13.2 Å². The predicted octanol–water partition coefficient (Wildman–Crippen LogP) is 5.46. The molecule has 4 aromatic rings. The topological polar surface area (TPSA) is 76.1 Å². The summed E-state index contributed by atoms with van der Waals surface area (Å²) in [4.78, 5) is 17.2. The Balaban J connectivity index is 1.32. The van der Waals surface area contributed by atoms with E-state index in [0.29, 0.717) is 10.6 Å². The third-order valence-electron chi connectivity index (χ3n) is 4.91. The van der Waals surface area contributed by atoms with Gasteiger partial charge in [0.2, 0.25) is 5.91 Å². The van der Waals surface area contributed by atoms with Gasteiger partial charge in [-0.05, 0) is 61.9 Å². The first-order valence-corrected chi connectivity index (χ1v) is 12.4. The zero-order valence-corrected chi connectivity index (χ0v) is 18.7. The Morgan fingerprint density at radius 3 is 2.39 bits per heavy atom. The van der Waals surface area contributed by atoms with E-state index in [4.69, 9.17) is 0 Å². The standard InChI is InChI=1S/C24H22N2O3S2/c1-17-8-14-20(15-9-17)31(28,29)16-4-7-23(27)25-19-12-10-18(11-13-19)24-26-21-5-2-3-6-22(21)30-24/h2-3,5-6,8-15H,4,7,16H2,1H3,(H,25,27). The summed E-state index contributed by atoms with van der Waals surface area (Å²) in [5, 5.41) is 3.76. The van der Waals surface area contributed by atoms with Gasteiger partial charge < -0.3 is 5.32 Å². The molecule has 0 saturated carbocycles. The van der Waals surface area contributed by atoms with Crippen molar-refractivity contribution in [2.24, 2.45) is 0 Å². The quantitative estimate of drug-likeness (QED) is 0.405. The Morgan fingerprint density at radius 2 is 1.68 bits per heavy atom. The summed E-state index contributed by atoms with van der Waals surface area (Å²) in [7, 11) is -3.38. The first-order valence-electron chi connectivity index (χ1n) is 9.96. The molecule has 1 amide bonds. The number of amides is 1. The Kier molecular flexibility index (Phi) is 6.15. The number of aromatic nitrogens is 1. The minimum atomic E-state index is -3.38. The second-order valence-electron chi connectivity index (χ2n) is 7.35. The zero-order valence-electron chi connectivity index (χ0n) is 17.0. The van der Waals surface area contributed by atoms with Crippen LogP contribution >= 0.6 is 11.3 Å². The van der Waals surface area contributed by atoms with Gasteiger partial charge in [0, 0.05) is 17.7 Å². The number of hydrogen-bond acceptors (Lipinski definition) is 5. The van der Waals surface area contributed by atoms with Crippen molar-refractivity contribution in [2.45, 2.75) is 24.7 Å². The molecular formula is C24H22N2O3S2. The SMILES string of the molecule is Cc1ccc(S(=O)(=O)CCCC(=O)Nc2ccc(-c3nc4ccccc4s3)cc2)cc1. The Hall–Kier alpha value is -3.03. The maximum Gasteiger partial charge on any atom is 0.224 e. The number of anilines is 1. The third kappa shape index (κ3) is 5.18. The number of carbonyl (C=O) groups excluding carboxylic acids is 1. The van der Waals surface area contributed by atoms with E-state index in [1.807, 2.05) is 55.5 Å². The molecule has 0 fully saturated rings. The number of benzene rings is 3. The molecule has 0 bridgehead atoms. The fourth-order valence-corrected chi connectivity index (χ4v) is 5.48. The molecule has 5 nitrogen and oxygen atoms in total. The van der Waals surface area contributed by atoms with Gasteiger partial charge in [-0.15, -0.1) is 11.3 Å². The first-order chi connectivity index (χ1) is 14.9. The van der Waals surface area contributed by atoms with E-state index >= 15 is 0 Å². The monoisotopic (exact) mass is 450 g/mol. The molecule has 1 N–H and O–H groups in total. The number of thiazole rings is 1. The van der Waals surface area contributed by atoms with Gasteiger partial charge in [0.1, 0.15) is 5.01 Å². The predicted molar refractivity (Wildman–Crippen MR) is 126 cm³/mol. The van der Waals surface area contributed by atoms with Crippen LogP contribution in [0.15, 0.2) is 77.7 Å². The van der Waals surface area contributed by atoms with Gasteiger partial charge in [0.05, 0.1) is 20.9 Å². The van der Waals surface area contributed by atoms with E-state index in [0.717, 1.165) is 26.4 Å². The highest BCUT2D eigenvalue weighted by Crippen LogP contribution is 2.30. The van der Waals surface area contributed by atoms with Gasteiger partial charge in [-0.2, -0.15) is 0 Å².